The van der Waals surface area contributed by atoms with Crippen molar-refractivity contribution in [1.82, 2.24) is 9.97 Å². The maximum atomic E-state index is 4.61. The summed E-state index contributed by atoms with van der Waals surface area (Å²) in [6.07, 6.45) is 10.0. The number of rotatable bonds is 2. The van der Waals surface area contributed by atoms with Crippen molar-refractivity contribution in [2.75, 3.05) is 0 Å². The molecule has 0 aromatic carbocycles. The zero-order valence-electron chi connectivity index (χ0n) is 10.5. The quantitative estimate of drug-likeness (QED) is 0.796. The van der Waals surface area contributed by atoms with E-state index >= 15 is 0 Å². The van der Waals surface area contributed by atoms with Crippen molar-refractivity contribution < 1.29 is 0 Å². The summed E-state index contributed by atoms with van der Waals surface area (Å²) < 4.78 is 0. The van der Waals surface area contributed by atoms with E-state index in [2.05, 4.69) is 34.2 Å². The summed E-state index contributed by atoms with van der Waals surface area (Å²) in [5, 5.41) is 0. The Kier molecular flexibility index (Phi) is 3.09. The van der Waals surface area contributed by atoms with Gasteiger partial charge in [0, 0.05) is 12.4 Å². The fourth-order valence-corrected chi connectivity index (χ4v) is 3.09. The van der Waals surface area contributed by atoms with E-state index in [9.17, 15) is 0 Å². The first-order chi connectivity index (χ1) is 8.92. The predicted octanol–water partition coefficient (Wildman–Crippen LogP) is 3.73. The Balaban J connectivity index is 2.10. The van der Waals surface area contributed by atoms with Gasteiger partial charge in [-0.3, -0.25) is 9.97 Å². The molecule has 2 aromatic heterocycles. The Morgan fingerprint density at radius 3 is 1.72 bits per heavy atom. The summed E-state index contributed by atoms with van der Waals surface area (Å²) in [6, 6.07) is 12.4. The van der Waals surface area contributed by atoms with Gasteiger partial charge in [-0.05, 0) is 37.1 Å². The van der Waals surface area contributed by atoms with Crippen LogP contribution in [-0.4, -0.2) is 9.97 Å². The Hall–Kier alpha value is -1.70. The molecule has 92 valence electrons. The van der Waals surface area contributed by atoms with Gasteiger partial charge >= 0.3 is 0 Å². The molecule has 0 atom stereocenters. The molecule has 1 aliphatic carbocycles. The average molecular weight is 238 g/mol. The van der Waals surface area contributed by atoms with Crippen LogP contribution in [0.3, 0.4) is 0 Å². The second kappa shape index (κ2) is 4.89. The summed E-state index contributed by atoms with van der Waals surface area (Å²) in [7, 11) is 0. The highest BCUT2D eigenvalue weighted by Gasteiger charge is 2.37. The van der Waals surface area contributed by atoms with Gasteiger partial charge < -0.3 is 0 Å². The molecule has 1 aliphatic rings. The highest BCUT2D eigenvalue weighted by Crippen LogP contribution is 2.42. The molecule has 0 unspecified atom stereocenters. The summed E-state index contributed by atoms with van der Waals surface area (Å²) in [5.41, 5.74) is 2.41. The lowest BCUT2D eigenvalue weighted by atomic mass is 9.69. The lowest BCUT2D eigenvalue weighted by Crippen LogP contribution is -2.32. The van der Waals surface area contributed by atoms with E-state index in [1.54, 1.807) is 0 Å². The lowest BCUT2D eigenvalue weighted by molar-refractivity contribution is 0.331. The van der Waals surface area contributed by atoms with Crippen LogP contribution in [0.25, 0.3) is 0 Å². The lowest BCUT2D eigenvalue weighted by Gasteiger charge is -2.36. The first kappa shape index (κ1) is 11.4. The zero-order valence-corrected chi connectivity index (χ0v) is 10.5. The molecule has 1 fully saturated rings. The van der Waals surface area contributed by atoms with Crippen LogP contribution >= 0.6 is 0 Å². The fraction of sp³-hybridized carbons (Fsp3) is 0.375. The second-order valence-corrected chi connectivity index (χ2v) is 5.07. The minimum atomic E-state index is 0.0424. The van der Waals surface area contributed by atoms with Crippen molar-refractivity contribution in [2.24, 2.45) is 0 Å². The van der Waals surface area contributed by atoms with Crippen molar-refractivity contribution >= 4 is 0 Å². The van der Waals surface area contributed by atoms with Crippen LogP contribution in [0, 0.1) is 0 Å². The van der Waals surface area contributed by atoms with Gasteiger partial charge in [-0.25, -0.2) is 0 Å². The van der Waals surface area contributed by atoms with E-state index in [0.29, 0.717) is 0 Å². The maximum Gasteiger partial charge on any atom is 0.0547 e. The van der Waals surface area contributed by atoms with Gasteiger partial charge in [-0.15, -0.1) is 0 Å². The summed E-state index contributed by atoms with van der Waals surface area (Å²) in [5.74, 6) is 0. The average Bonchev–Trinajstić information content (AvgIpc) is 2.50. The Labute approximate surface area is 108 Å². The number of hydrogen-bond acceptors (Lipinski definition) is 2. The minimum Gasteiger partial charge on any atom is -0.260 e. The van der Waals surface area contributed by atoms with E-state index in [0.717, 1.165) is 0 Å². The van der Waals surface area contributed by atoms with Gasteiger partial charge in [0.05, 0.1) is 16.8 Å². The third-order valence-corrected chi connectivity index (χ3v) is 4.02. The highest BCUT2D eigenvalue weighted by atomic mass is 14.8. The molecule has 0 radical (unpaired) electrons. The van der Waals surface area contributed by atoms with Crippen LogP contribution in [0.5, 0.6) is 0 Å². The Morgan fingerprint density at radius 1 is 0.722 bits per heavy atom. The highest BCUT2D eigenvalue weighted by molar-refractivity contribution is 5.31. The molecule has 2 heteroatoms. The number of pyridine rings is 2. The molecular formula is C16H18N2. The fourth-order valence-electron chi connectivity index (χ4n) is 3.09. The van der Waals surface area contributed by atoms with Crippen molar-refractivity contribution in [1.29, 1.82) is 0 Å². The molecule has 0 saturated heterocycles. The van der Waals surface area contributed by atoms with Crippen LogP contribution in [0.15, 0.2) is 48.8 Å². The van der Waals surface area contributed by atoms with Crippen LogP contribution in [0.1, 0.15) is 43.5 Å². The monoisotopic (exact) mass is 238 g/mol. The van der Waals surface area contributed by atoms with Crippen molar-refractivity contribution in [3.8, 4) is 0 Å². The molecule has 0 bridgehead atoms. The van der Waals surface area contributed by atoms with Gasteiger partial charge in [0.25, 0.3) is 0 Å². The van der Waals surface area contributed by atoms with Gasteiger partial charge in [-0.1, -0.05) is 31.4 Å². The second-order valence-electron chi connectivity index (χ2n) is 5.07. The summed E-state index contributed by atoms with van der Waals surface area (Å²) in [4.78, 5) is 9.22. The minimum absolute atomic E-state index is 0.0424. The molecular weight excluding hydrogens is 220 g/mol. The van der Waals surface area contributed by atoms with E-state index in [4.69, 9.17) is 0 Å². The van der Waals surface area contributed by atoms with Gasteiger partial charge in [0.2, 0.25) is 0 Å². The van der Waals surface area contributed by atoms with Crippen LogP contribution in [-0.2, 0) is 5.41 Å². The first-order valence-electron chi connectivity index (χ1n) is 6.75. The largest absolute Gasteiger partial charge is 0.260 e. The standard InChI is InChI=1S/C16H18N2/c1-4-10-16(11-5-1,14-8-2-6-12-17-14)15-9-3-7-13-18-15/h2-3,6-9,12-13H,1,4-5,10-11H2. The predicted molar refractivity (Wildman–Crippen MR) is 72.3 cm³/mol. The molecule has 3 rings (SSSR count). The first-order valence-corrected chi connectivity index (χ1v) is 6.75. The number of hydrogen-bond donors (Lipinski definition) is 0. The summed E-state index contributed by atoms with van der Waals surface area (Å²) >= 11 is 0. The number of aromatic nitrogens is 2. The van der Waals surface area contributed by atoms with Crippen molar-refractivity contribution in [2.45, 2.75) is 37.5 Å². The Morgan fingerprint density at radius 2 is 1.28 bits per heavy atom. The third kappa shape index (κ3) is 1.92. The summed E-state index contributed by atoms with van der Waals surface area (Å²) in [6.45, 7) is 0. The normalized spacial score (nSPS) is 18.4. The van der Waals surface area contributed by atoms with E-state index in [-0.39, 0.29) is 5.41 Å². The molecule has 0 N–H and O–H groups in total. The van der Waals surface area contributed by atoms with E-state index in [1.165, 1.54) is 43.5 Å². The molecule has 2 heterocycles. The van der Waals surface area contributed by atoms with Crippen molar-refractivity contribution in [3.63, 3.8) is 0 Å². The van der Waals surface area contributed by atoms with Crippen molar-refractivity contribution in [3.05, 3.63) is 60.2 Å². The molecule has 0 amide bonds. The Bertz CT molecular complexity index is 446. The molecule has 2 nitrogen and oxygen atoms in total. The van der Waals surface area contributed by atoms with Crippen LogP contribution < -0.4 is 0 Å². The number of nitrogens with zero attached hydrogens (tertiary/aromatic N) is 2. The maximum absolute atomic E-state index is 4.61. The topological polar surface area (TPSA) is 25.8 Å². The van der Waals surface area contributed by atoms with Crippen LogP contribution in [0.4, 0.5) is 0 Å². The van der Waals surface area contributed by atoms with E-state index in [1.807, 2.05) is 24.5 Å². The SMILES string of the molecule is c1ccc(C2(c3ccccn3)CCCCC2)nc1. The molecule has 0 spiro atoms. The third-order valence-electron chi connectivity index (χ3n) is 4.02. The molecule has 0 aliphatic heterocycles. The smallest absolute Gasteiger partial charge is 0.0547 e. The van der Waals surface area contributed by atoms with Gasteiger partial charge in [0.1, 0.15) is 0 Å². The zero-order chi connectivity index (χ0) is 12.3. The molecule has 1 saturated carbocycles. The van der Waals surface area contributed by atoms with Gasteiger partial charge in [0.15, 0.2) is 0 Å². The van der Waals surface area contributed by atoms with E-state index < -0.39 is 0 Å². The molecule has 18 heavy (non-hydrogen) atoms. The van der Waals surface area contributed by atoms with Crippen LogP contribution in [0.2, 0.25) is 0 Å². The van der Waals surface area contributed by atoms with Gasteiger partial charge in [-0.2, -0.15) is 0 Å². The molecule has 2 aromatic rings.